The van der Waals surface area contributed by atoms with Crippen molar-refractivity contribution in [3.63, 3.8) is 0 Å². The molecule has 1 saturated heterocycles. The van der Waals surface area contributed by atoms with Crippen LogP contribution in [-0.4, -0.2) is 42.8 Å². The van der Waals surface area contributed by atoms with Crippen LogP contribution >= 0.6 is 0 Å². The number of fused-ring (bicyclic) bond motifs is 2. The number of likely N-dealkylation sites (tertiary alicyclic amines) is 1. The van der Waals surface area contributed by atoms with Gasteiger partial charge in [0.15, 0.2) is 5.65 Å². The van der Waals surface area contributed by atoms with E-state index >= 15 is 0 Å². The Bertz CT molecular complexity index is 2030. The van der Waals surface area contributed by atoms with Crippen molar-refractivity contribution in [2.24, 2.45) is 0 Å². The lowest BCUT2D eigenvalue weighted by Crippen LogP contribution is -2.18. The number of hydrogen-bond donors (Lipinski definition) is 2. The highest BCUT2D eigenvalue weighted by Gasteiger charge is 2.27. The molecule has 6 aromatic rings. The maximum absolute atomic E-state index is 14.3. The Labute approximate surface area is 246 Å². The summed E-state index contributed by atoms with van der Waals surface area (Å²) in [6, 6.07) is 18.8. The number of phenols is 1. The summed E-state index contributed by atoms with van der Waals surface area (Å²) in [5, 5.41) is 16.5. The number of aromatic hydroxyl groups is 1. The fourth-order valence-electron chi connectivity index (χ4n) is 6.07. The molecule has 4 heterocycles. The van der Waals surface area contributed by atoms with Crippen LogP contribution in [0.15, 0.2) is 82.3 Å². The van der Waals surface area contributed by atoms with Crippen LogP contribution in [0.3, 0.4) is 0 Å². The number of rotatable bonds is 6. The van der Waals surface area contributed by atoms with Gasteiger partial charge in [-0.2, -0.15) is 5.10 Å². The molecule has 1 aliphatic rings. The van der Waals surface area contributed by atoms with E-state index in [4.69, 9.17) is 15.2 Å². The normalized spacial score (nSPS) is 14.6. The van der Waals surface area contributed by atoms with E-state index in [0.717, 1.165) is 42.2 Å². The minimum atomic E-state index is -0.635. The van der Waals surface area contributed by atoms with E-state index in [1.54, 1.807) is 10.7 Å². The predicted molar refractivity (Wildman–Crippen MR) is 163 cm³/mol. The van der Waals surface area contributed by atoms with Crippen molar-refractivity contribution in [1.29, 1.82) is 0 Å². The molecule has 43 heavy (non-hydrogen) atoms. The second-order valence-electron chi connectivity index (χ2n) is 11.0. The average molecular weight is 577 g/mol. The lowest BCUT2D eigenvalue weighted by atomic mass is 9.95. The third-order valence-electron chi connectivity index (χ3n) is 8.13. The van der Waals surface area contributed by atoms with Gasteiger partial charge in [-0.25, -0.2) is 23.8 Å². The smallest absolute Gasteiger partial charge is 0.343 e. The van der Waals surface area contributed by atoms with Crippen molar-refractivity contribution in [3.05, 3.63) is 101 Å². The van der Waals surface area contributed by atoms with Crippen molar-refractivity contribution < 1.29 is 13.9 Å². The molecule has 216 valence electrons. The second-order valence-corrected chi connectivity index (χ2v) is 11.0. The predicted octanol–water partition coefficient (Wildman–Crippen LogP) is 5.90. The number of nitrogens with zero attached hydrogens (tertiary/aromatic N) is 5. The van der Waals surface area contributed by atoms with E-state index in [1.807, 2.05) is 25.1 Å². The highest BCUT2D eigenvalue weighted by Crippen LogP contribution is 2.39. The van der Waals surface area contributed by atoms with Crippen molar-refractivity contribution in [3.8, 4) is 28.1 Å². The number of hydrogen-bond acceptors (Lipinski definition) is 8. The summed E-state index contributed by atoms with van der Waals surface area (Å²) in [5.74, 6) is -0.337. The Hall–Kier alpha value is -5.09. The van der Waals surface area contributed by atoms with E-state index in [9.17, 15) is 14.3 Å². The number of anilines is 1. The molecule has 1 unspecified atom stereocenters. The summed E-state index contributed by atoms with van der Waals surface area (Å²) in [4.78, 5) is 24.3. The molecule has 9 nitrogen and oxygen atoms in total. The molecule has 0 bridgehead atoms. The quantitative estimate of drug-likeness (QED) is 0.251. The topological polar surface area (TPSA) is 123 Å². The van der Waals surface area contributed by atoms with Gasteiger partial charge in [0, 0.05) is 29.1 Å². The van der Waals surface area contributed by atoms with Gasteiger partial charge in [-0.05, 0) is 62.2 Å². The van der Waals surface area contributed by atoms with E-state index in [0.29, 0.717) is 33.4 Å². The summed E-state index contributed by atoms with van der Waals surface area (Å²) in [6.45, 7) is 4.98. The molecule has 0 amide bonds. The highest BCUT2D eigenvalue weighted by atomic mass is 19.1. The van der Waals surface area contributed by atoms with Crippen LogP contribution in [0.1, 0.15) is 37.1 Å². The molecule has 0 radical (unpaired) electrons. The zero-order valence-electron chi connectivity index (χ0n) is 23.5. The molecular formula is C33H29FN6O3. The van der Waals surface area contributed by atoms with Crippen LogP contribution in [0.2, 0.25) is 0 Å². The zero-order chi connectivity index (χ0) is 29.7. The van der Waals surface area contributed by atoms with Gasteiger partial charge in [-0.15, -0.1) is 0 Å². The number of nitrogen functional groups attached to an aromatic ring is 1. The van der Waals surface area contributed by atoms with E-state index in [-0.39, 0.29) is 11.6 Å². The minimum absolute atomic E-state index is 0.149. The molecule has 0 aliphatic carbocycles. The van der Waals surface area contributed by atoms with E-state index < -0.39 is 17.5 Å². The van der Waals surface area contributed by atoms with Crippen molar-refractivity contribution >= 4 is 27.6 Å². The maximum atomic E-state index is 14.3. The van der Waals surface area contributed by atoms with Gasteiger partial charge >= 0.3 is 5.63 Å². The summed E-state index contributed by atoms with van der Waals surface area (Å²) in [7, 11) is 0. The summed E-state index contributed by atoms with van der Waals surface area (Å²) >= 11 is 0. The summed E-state index contributed by atoms with van der Waals surface area (Å²) in [5.41, 5.74) is 9.68. The summed E-state index contributed by atoms with van der Waals surface area (Å²) in [6.07, 6.45) is 3.79. The van der Waals surface area contributed by atoms with Gasteiger partial charge in [0.1, 0.15) is 41.2 Å². The number of nitrogens with two attached hydrogens (primary N) is 1. The molecule has 3 N–H and O–H groups in total. The fraction of sp³-hybridized carbons (Fsp3) is 0.212. The Balaban J connectivity index is 1.41. The molecular weight excluding hydrogens is 547 g/mol. The molecule has 3 aromatic heterocycles. The fourth-order valence-corrected chi connectivity index (χ4v) is 6.07. The van der Waals surface area contributed by atoms with Crippen molar-refractivity contribution in [2.45, 2.75) is 32.4 Å². The Morgan fingerprint density at radius 2 is 1.74 bits per heavy atom. The third-order valence-corrected chi connectivity index (χ3v) is 8.13. The minimum Gasteiger partial charge on any atom is -0.508 e. The monoisotopic (exact) mass is 576 g/mol. The molecule has 0 saturated carbocycles. The van der Waals surface area contributed by atoms with Gasteiger partial charge in [-0.3, -0.25) is 4.90 Å². The number of halogens is 1. The van der Waals surface area contributed by atoms with Crippen LogP contribution in [-0.2, 0) is 6.54 Å². The summed E-state index contributed by atoms with van der Waals surface area (Å²) < 4.78 is 22.0. The van der Waals surface area contributed by atoms with Gasteiger partial charge in [0.2, 0.25) is 0 Å². The van der Waals surface area contributed by atoms with Crippen LogP contribution in [0, 0.1) is 5.82 Å². The van der Waals surface area contributed by atoms with E-state index in [1.165, 1.54) is 36.9 Å². The van der Waals surface area contributed by atoms with Gasteiger partial charge in [0.05, 0.1) is 10.8 Å². The third kappa shape index (κ3) is 4.79. The van der Waals surface area contributed by atoms with Gasteiger partial charge < -0.3 is 15.3 Å². The van der Waals surface area contributed by atoms with E-state index in [2.05, 4.69) is 39.1 Å². The first kappa shape index (κ1) is 26.8. The lowest BCUT2D eigenvalue weighted by Gasteiger charge is -2.19. The SMILES string of the molecule is CC(c1oc(=O)c2ccccc2c1-c1ccc(CN2CCCC2)cc1)n1nc(-c2cc(O)cc(F)c2)c2c(N)ncnc21. The Morgan fingerprint density at radius 1 is 1.00 bits per heavy atom. The first-order valence-corrected chi connectivity index (χ1v) is 14.2. The van der Waals surface area contributed by atoms with Gasteiger partial charge in [-0.1, -0.05) is 42.5 Å². The first-order chi connectivity index (χ1) is 20.9. The number of benzene rings is 3. The number of phenolic OH excluding ortho intramolecular Hbond substituents is 1. The first-order valence-electron chi connectivity index (χ1n) is 14.2. The molecule has 10 heteroatoms. The Kier molecular flexibility index (Phi) is 6.62. The molecule has 1 aliphatic heterocycles. The standard InChI is InChI=1S/C33H29FN6O3/c1-19(40-32-28(31(35)36-18-37-32)29(38-40)22-14-23(34)16-24(41)15-22)30-27(25-6-2-3-7-26(25)33(42)43-30)21-10-8-20(9-11-21)17-39-12-4-5-13-39/h2-3,6-11,14-16,18-19,41H,4-5,12-13,17H2,1H3,(H2,35,36,37). The van der Waals surface area contributed by atoms with Crippen LogP contribution in [0.4, 0.5) is 10.2 Å². The molecule has 1 fully saturated rings. The van der Waals surface area contributed by atoms with Crippen LogP contribution in [0.5, 0.6) is 5.75 Å². The van der Waals surface area contributed by atoms with Crippen molar-refractivity contribution in [1.82, 2.24) is 24.6 Å². The maximum Gasteiger partial charge on any atom is 0.343 e. The highest BCUT2D eigenvalue weighted by molar-refractivity contribution is 5.99. The largest absolute Gasteiger partial charge is 0.508 e. The molecule has 0 spiro atoms. The van der Waals surface area contributed by atoms with Crippen molar-refractivity contribution in [2.75, 3.05) is 18.8 Å². The van der Waals surface area contributed by atoms with Crippen LogP contribution < -0.4 is 11.4 Å². The molecule has 7 rings (SSSR count). The second kappa shape index (κ2) is 10.6. The van der Waals surface area contributed by atoms with Gasteiger partial charge in [0.25, 0.3) is 0 Å². The average Bonchev–Trinajstić information content (AvgIpc) is 3.66. The molecule has 3 aromatic carbocycles. The lowest BCUT2D eigenvalue weighted by molar-refractivity contribution is 0.331. The zero-order valence-corrected chi connectivity index (χ0v) is 23.5. The Morgan fingerprint density at radius 3 is 2.49 bits per heavy atom. The molecule has 1 atom stereocenters. The number of aromatic nitrogens is 4. The van der Waals surface area contributed by atoms with Crippen LogP contribution in [0.25, 0.3) is 44.2 Å².